The van der Waals surface area contributed by atoms with Crippen LogP contribution < -0.4 is 20.7 Å². The van der Waals surface area contributed by atoms with E-state index in [0.29, 0.717) is 41.7 Å². The second-order valence-electron chi connectivity index (χ2n) is 11.9. The predicted molar refractivity (Wildman–Crippen MR) is 181 cm³/mol. The standard InChI is InChI=1S/C34H37N9O3S/c1-35-32(45)30-33(40-34(47-30)22-14-15-36-28(19-22)39-31(44)21-12-13-21)46-18-6-7-23-20-43(42-41-23)17-16-37-29-24-8-2-4-10-26(24)38-27-11-5-3-9-25(27)29/h2,4,8,10,14-15,19-21H,3,5-7,9,11-13,16-18H2,1H3,(H,35,45)(H,37,38)(H,36,39,44). The Hall–Kier alpha value is -4.91. The summed E-state index contributed by atoms with van der Waals surface area (Å²) in [6, 6.07) is 11.9. The lowest BCUT2D eigenvalue weighted by molar-refractivity contribution is -0.117. The molecule has 2 aliphatic carbocycles. The molecule has 2 aliphatic rings. The van der Waals surface area contributed by atoms with Crippen molar-refractivity contribution in [2.24, 2.45) is 5.92 Å². The van der Waals surface area contributed by atoms with Crippen molar-refractivity contribution in [3.8, 4) is 16.5 Å². The lowest BCUT2D eigenvalue weighted by atomic mass is 9.92. The third kappa shape index (κ3) is 7.09. The van der Waals surface area contributed by atoms with Crippen molar-refractivity contribution in [1.82, 2.24) is 35.3 Å². The molecule has 12 nitrogen and oxygen atoms in total. The van der Waals surface area contributed by atoms with Crippen molar-refractivity contribution in [2.45, 2.75) is 57.9 Å². The molecule has 4 aromatic heterocycles. The first-order chi connectivity index (χ1) is 23.1. The molecule has 0 atom stereocenters. The summed E-state index contributed by atoms with van der Waals surface area (Å²) in [6.07, 6.45) is 11.3. The first kappa shape index (κ1) is 30.7. The van der Waals surface area contributed by atoms with Crippen molar-refractivity contribution >= 4 is 45.6 Å². The van der Waals surface area contributed by atoms with Crippen molar-refractivity contribution in [2.75, 3.05) is 30.8 Å². The Morgan fingerprint density at radius 2 is 1.98 bits per heavy atom. The summed E-state index contributed by atoms with van der Waals surface area (Å²) < 4.78 is 7.87. The minimum Gasteiger partial charge on any atom is -0.476 e. The van der Waals surface area contributed by atoms with E-state index in [-0.39, 0.29) is 23.6 Å². The van der Waals surface area contributed by atoms with Crippen LogP contribution in [-0.2, 0) is 30.6 Å². The molecule has 0 saturated heterocycles. The van der Waals surface area contributed by atoms with Gasteiger partial charge in [0.25, 0.3) is 5.91 Å². The highest BCUT2D eigenvalue weighted by Crippen LogP contribution is 2.35. The van der Waals surface area contributed by atoms with Crippen LogP contribution in [0.25, 0.3) is 21.5 Å². The lowest BCUT2D eigenvalue weighted by Crippen LogP contribution is -2.17. The van der Waals surface area contributed by atoms with E-state index in [1.807, 2.05) is 16.9 Å². The van der Waals surface area contributed by atoms with Gasteiger partial charge in [-0.1, -0.05) is 23.4 Å². The average molecular weight is 652 g/mol. The first-order valence-electron chi connectivity index (χ1n) is 16.2. The molecule has 0 aliphatic heterocycles. The number of nitrogens with one attached hydrogen (secondary N) is 3. The number of aryl methyl sites for hydroxylation is 2. The quantitative estimate of drug-likeness (QED) is 0.149. The van der Waals surface area contributed by atoms with Crippen molar-refractivity contribution in [3.05, 3.63) is 70.6 Å². The van der Waals surface area contributed by atoms with Crippen LogP contribution in [0.15, 0.2) is 48.8 Å². The minimum atomic E-state index is -0.267. The number of carbonyl (C=O) groups excluding carboxylic acids is 2. The van der Waals surface area contributed by atoms with Crippen LogP contribution in [0.1, 0.15) is 58.7 Å². The number of hydrogen-bond donors (Lipinski definition) is 3. The Kier molecular flexibility index (Phi) is 9.05. The molecule has 0 bridgehead atoms. The van der Waals surface area contributed by atoms with Crippen LogP contribution in [0, 0.1) is 5.92 Å². The highest BCUT2D eigenvalue weighted by atomic mass is 32.1. The van der Waals surface area contributed by atoms with Gasteiger partial charge in [0.1, 0.15) is 10.8 Å². The smallest absolute Gasteiger partial charge is 0.266 e. The fraction of sp³-hybridized carbons (Fsp3) is 0.382. The molecule has 13 heteroatoms. The summed E-state index contributed by atoms with van der Waals surface area (Å²) >= 11 is 1.24. The molecule has 0 spiro atoms. The fourth-order valence-electron chi connectivity index (χ4n) is 5.84. The molecule has 1 aromatic carbocycles. The lowest BCUT2D eigenvalue weighted by Gasteiger charge is -2.21. The van der Waals surface area contributed by atoms with Crippen molar-refractivity contribution < 1.29 is 14.3 Å². The van der Waals surface area contributed by atoms with Gasteiger partial charge in [0.05, 0.1) is 24.4 Å². The second-order valence-corrected chi connectivity index (χ2v) is 12.9. The Morgan fingerprint density at radius 1 is 1.11 bits per heavy atom. The van der Waals surface area contributed by atoms with E-state index in [9.17, 15) is 9.59 Å². The van der Waals surface area contributed by atoms with Gasteiger partial charge >= 0.3 is 0 Å². The third-order valence-corrected chi connectivity index (χ3v) is 9.53. The van der Waals surface area contributed by atoms with Gasteiger partial charge in [-0.25, -0.2) is 9.97 Å². The molecule has 0 unspecified atom stereocenters. The number of hydrogen-bond acceptors (Lipinski definition) is 10. The van der Waals surface area contributed by atoms with Gasteiger partial charge in [-0.3, -0.25) is 19.3 Å². The van der Waals surface area contributed by atoms with E-state index in [2.05, 4.69) is 54.4 Å². The van der Waals surface area contributed by atoms with Crippen LogP contribution in [0.3, 0.4) is 0 Å². The maximum Gasteiger partial charge on any atom is 0.266 e. The van der Waals surface area contributed by atoms with E-state index in [1.54, 1.807) is 25.4 Å². The average Bonchev–Trinajstić information content (AvgIpc) is 3.72. The van der Waals surface area contributed by atoms with Crippen LogP contribution in [-0.4, -0.2) is 62.0 Å². The Morgan fingerprint density at radius 3 is 2.85 bits per heavy atom. The highest BCUT2D eigenvalue weighted by molar-refractivity contribution is 7.17. The summed E-state index contributed by atoms with van der Waals surface area (Å²) in [5, 5.41) is 19.7. The number of pyridine rings is 2. The zero-order chi connectivity index (χ0) is 32.2. The molecule has 4 heterocycles. The largest absolute Gasteiger partial charge is 0.476 e. The number of ether oxygens (including phenoxy) is 1. The van der Waals surface area contributed by atoms with E-state index in [0.717, 1.165) is 49.0 Å². The zero-order valence-electron chi connectivity index (χ0n) is 26.3. The van der Waals surface area contributed by atoms with Gasteiger partial charge < -0.3 is 20.7 Å². The van der Waals surface area contributed by atoms with E-state index >= 15 is 0 Å². The summed E-state index contributed by atoms with van der Waals surface area (Å²) in [4.78, 5) is 39.0. The number of benzene rings is 1. The molecule has 242 valence electrons. The molecule has 3 N–H and O–H groups in total. The number of aromatic nitrogens is 6. The number of rotatable bonds is 13. The number of anilines is 2. The Bertz CT molecular complexity index is 1920. The van der Waals surface area contributed by atoms with Crippen molar-refractivity contribution in [3.63, 3.8) is 0 Å². The molecule has 0 radical (unpaired) electrons. The SMILES string of the molecule is CNC(=O)c1sc(-c2ccnc(NC(=O)C3CC3)c2)nc1OCCCc1cn(CCNc2c3c(nc4ccccc24)CCCC3)nn1. The summed E-state index contributed by atoms with van der Waals surface area (Å²) in [7, 11) is 1.58. The number of carbonyl (C=O) groups is 2. The van der Waals surface area contributed by atoms with Crippen molar-refractivity contribution in [1.29, 1.82) is 0 Å². The van der Waals surface area contributed by atoms with E-state index < -0.39 is 0 Å². The fourth-order valence-corrected chi connectivity index (χ4v) is 6.80. The zero-order valence-corrected chi connectivity index (χ0v) is 27.1. The van der Waals surface area contributed by atoms with E-state index in [4.69, 9.17) is 9.72 Å². The normalized spacial score (nSPS) is 14.1. The van der Waals surface area contributed by atoms with Gasteiger partial charge in [-0.2, -0.15) is 0 Å². The molecule has 2 amide bonds. The van der Waals surface area contributed by atoms with E-state index in [1.165, 1.54) is 46.5 Å². The first-order valence-corrected chi connectivity index (χ1v) is 17.0. The monoisotopic (exact) mass is 651 g/mol. The van der Waals surface area contributed by atoms with Crippen LogP contribution >= 0.6 is 11.3 Å². The summed E-state index contributed by atoms with van der Waals surface area (Å²) in [5.41, 5.74) is 6.44. The Labute approximate surface area is 276 Å². The molecule has 1 fully saturated rings. The van der Waals surface area contributed by atoms with Gasteiger partial charge in [0.15, 0.2) is 4.88 Å². The number of nitrogens with zero attached hydrogens (tertiary/aromatic N) is 6. The van der Waals surface area contributed by atoms with Crippen LogP contribution in [0.5, 0.6) is 5.88 Å². The highest BCUT2D eigenvalue weighted by Gasteiger charge is 2.30. The number of para-hydroxylation sites is 1. The molecule has 7 rings (SSSR count). The van der Waals surface area contributed by atoms with Crippen LogP contribution in [0.2, 0.25) is 0 Å². The Balaban J connectivity index is 0.936. The number of thiazole rings is 1. The minimum absolute atomic E-state index is 0.0162. The van der Waals surface area contributed by atoms with Gasteiger partial charge in [-0.05, 0) is 75.1 Å². The maximum absolute atomic E-state index is 12.6. The molecule has 47 heavy (non-hydrogen) atoms. The van der Waals surface area contributed by atoms with Gasteiger partial charge in [-0.15, -0.1) is 16.4 Å². The topological polar surface area (TPSA) is 149 Å². The summed E-state index contributed by atoms with van der Waals surface area (Å²) in [6.45, 7) is 1.78. The molecular weight excluding hydrogens is 615 g/mol. The molecule has 1 saturated carbocycles. The number of amides is 2. The molecular formula is C34H37N9O3S. The summed E-state index contributed by atoms with van der Waals surface area (Å²) in [5.74, 6) is 0.539. The number of fused-ring (bicyclic) bond motifs is 2. The van der Waals surface area contributed by atoms with Gasteiger partial charge in [0, 0.05) is 54.2 Å². The van der Waals surface area contributed by atoms with Gasteiger partial charge in [0.2, 0.25) is 11.8 Å². The predicted octanol–water partition coefficient (Wildman–Crippen LogP) is 5.06. The molecule has 5 aromatic rings. The maximum atomic E-state index is 12.6. The third-order valence-electron chi connectivity index (χ3n) is 8.45. The second kappa shape index (κ2) is 13.8. The van der Waals surface area contributed by atoms with Crippen LogP contribution in [0.4, 0.5) is 11.5 Å².